The summed E-state index contributed by atoms with van der Waals surface area (Å²) in [7, 11) is 0. The van der Waals surface area contributed by atoms with E-state index in [0.717, 1.165) is 55.0 Å². The lowest BCUT2D eigenvalue weighted by atomic mass is 10.1. The summed E-state index contributed by atoms with van der Waals surface area (Å²) in [6.07, 6.45) is 2.97. The van der Waals surface area contributed by atoms with Crippen LogP contribution in [0.2, 0.25) is 0 Å². The molecule has 1 aliphatic rings. The van der Waals surface area contributed by atoms with Crippen LogP contribution in [-0.2, 0) is 0 Å². The topological polar surface area (TPSA) is 81.1 Å². The van der Waals surface area contributed by atoms with Gasteiger partial charge in [-0.05, 0) is 70.0 Å². The number of rotatable bonds is 6. The van der Waals surface area contributed by atoms with E-state index in [1.54, 1.807) is 0 Å². The zero-order valence-electron chi connectivity index (χ0n) is 15.7. The molecule has 1 aliphatic heterocycles. The molecule has 3 rings (SSSR count). The fraction of sp³-hybridized carbons (Fsp3) is 0.526. The Morgan fingerprint density at radius 1 is 1.35 bits per heavy atom. The number of nitrogens with one attached hydrogen (secondary N) is 2. The van der Waals surface area contributed by atoms with Crippen LogP contribution in [0, 0.1) is 13.8 Å². The van der Waals surface area contributed by atoms with Gasteiger partial charge in [-0.2, -0.15) is 0 Å². The highest BCUT2D eigenvalue weighted by molar-refractivity contribution is 6.03. The van der Waals surface area contributed by atoms with E-state index in [0.29, 0.717) is 18.3 Å². The number of carbonyl (C=O) groups is 1. The normalized spacial score (nSPS) is 15.0. The molecule has 2 N–H and O–H groups in total. The van der Waals surface area contributed by atoms with Gasteiger partial charge in [-0.15, -0.1) is 5.10 Å². The van der Waals surface area contributed by atoms with Crippen LogP contribution in [0.5, 0.6) is 5.75 Å². The van der Waals surface area contributed by atoms with Crippen LogP contribution in [0.25, 0.3) is 0 Å². The predicted octanol–water partition coefficient (Wildman–Crippen LogP) is 2.86. The molecule has 140 valence electrons. The molecule has 0 atom stereocenters. The minimum absolute atomic E-state index is 0.229. The fourth-order valence-corrected chi connectivity index (χ4v) is 3.22. The van der Waals surface area contributed by atoms with Crippen molar-refractivity contribution in [3.63, 3.8) is 0 Å². The number of aryl methyl sites for hydroxylation is 1. The number of aromatic nitrogens is 3. The van der Waals surface area contributed by atoms with Crippen molar-refractivity contribution in [1.82, 2.24) is 20.3 Å². The van der Waals surface area contributed by atoms with Gasteiger partial charge in [0.25, 0.3) is 5.91 Å². The van der Waals surface area contributed by atoms with Crippen molar-refractivity contribution in [2.45, 2.75) is 46.1 Å². The first kappa shape index (κ1) is 18.4. The van der Waals surface area contributed by atoms with Gasteiger partial charge < -0.3 is 15.4 Å². The van der Waals surface area contributed by atoms with Gasteiger partial charge in [0.15, 0.2) is 5.69 Å². The van der Waals surface area contributed by atoms with Gasteiger partial charge in [-0.3, -0.25) is 4.79 Å². The van der Waals surface area contributed by atoms with E-state index in [4.69, 9.17) is 4.74 Å². The summed E-state index contributed by atoms with van der Waals surface area (Å²) in [6, 6.07) is 5.98. The van der Waals surface area contributed by atoms with Crippen molar-refractivity contribution in [1.29, 1.82) is 0 Å². The second-order valence-electron chi connectivity index (χ2n) is 6.73. The fourth-order valence-electron chi connectivity index (χ4n) is 3.22. The molecule has 1 fully saturated rings. The first-order valence-electron chi connectivity index (χ1n) is 9.27. The molecule has 1 aromatic carbocycles. The number of anilines is 1. The minimum atomic E-state index is -0.229. The van der Waals surface area contributed by atoms with Crippen LogP contribution in [-0.4, -0.2) is 40.6 Å². The Hall–Kier alpha value is -2.41. The van der Waals surface area contributed by atoms with Crippen molar-refractivity contribution in [3.8, 4) is 5.75 Å². The first-order valence-corrected chi connectivity index (χ1v) is 9.27. The predicted molar refractivity (Wildman–Crippen MR) is 101 cm³/mol. The highest BCUT2D eigenvalue weighted by atomic mass is 16.5. The number of carbonyl (C=O) groups excluding carboxylic acids is 1. The SMILES string of the molecule is CCCOc1ccc(NC(=O)c2nnn(C3CCNCC3)c2C)c(C)c1. The number of nitrogens with zero attached hydrogens (tertiary/aromatic N) is 3. The zero-order chi connectivity index (χ0) is 18.5. The van der Waals surface area contributed by atoms with Crippen molar-refractivity contribution in [3.05, 3.63) is 35.2 Å². The Bertz CT molecular complexity index is 765. The third-order valence-corrected chi connectivity index (χ3v) is 4.72. The molecular weight excluding hydrogens is 330 g/mol. The van der Waals surface area contributed by atoms with Crippen LogP contribution in [0.15, 0.2) is 18.2 Å². The third kappa shape index (κ3) is 4.04. The highest BCUT2D eigenvalue weighted by Crippen LogP contribution is 2.24. The number of ether oxygens (including phenoxy) is 1. The molecule has 2 aromatic rings. The third-order valence-electron chi connectivity index (χ3n) is 4.72. The molecular formula is C19H27N5O2. The molecule has 1 saturated heterocycles. The van der Waals surface area contributed by atoms with Gasteiger partial charge in [-0.1, -0.05) is 12.1 Å². The number of amides is 1. The second-order valence-corrected chi connectivity index (χ2v) is 6.73. The Kier molecular flexibility index (Phi) is 5.88. The molecule has 0 spiro atoms. The number of piperidine rings is 1. The van der Waals surface area contributed by atoms with Crippen LogP contribution >= 0.6 is 0 Å². The summed E-state index contributed by atoms with van der Waals surface area (Å²) in [6.45, 7) is 8.55. The van der Waals surface area contributed by atoms with E-state index in [9.17, 15) is 4.79 Å². The van der Waals surface area contributed by atoms with Gasteiger partial charge in [-0.25, -0.2) is 4.68 Å². The van der Waals surface area contributed by atoms with Gasteiger partial charge in [0, 0.05) is 5.69 Å². The average Bonchev–Trinajstić information content (AvgIpc) is 3.04. The van der Waals surface area contributed by atoms with E-state index in [2.05, 4.69) is 27.9 Å². The minimum Gasteiger partial charge on any atom is -0.494 e. The highest BCUT2D eigenvalue weighted by Gasteiger charge is 2.23. The number of hydrogen-bond donors (Lipinski definition) is 2. The van der Waals surface area contributed by atoms with Gasteiger partial charge in [0.2, 0.25) is 0 Å². The largest absolute Gasteiger partial charge is 0.494 e. The van der Waals surface area contributed by atoms with E-state index in [1.807, 2.05) is 36.7 Å². The molecule has 7 nitrogen and oxygen atoms in total. The van der Waals surface area contributed by atoms with Crippen LogP contribution in [0.4, 0.5) is 5.69 Å². The average molecular weight is 357 g/mol. The maximum atomic E-state index is 12.7. The Morgan fingerprint density at radius 2 is 2.12 bits per heavy atom. The van der Waals surface area contributed by atoms with Crippen LogP contribution in [0.1, 0.15) is 54.0 Å². The van der Waals surface area contributed by atoms with Crippen LogP contribution in [0.3, 0.4) is 0 Å². The Labute approximate surface area is 154 Å². The molecule has 0 radical (unpaired) electrons. The van der Waals surface area contributed by atoms with Gasteiger partial charge in [0.1, 0.15) is 5.75 Å². The molecule has 7 heteroatoms. The van der Waals surface area contributed by atoms with E-state index >= 15 is 0 Å². The molecule has 26 heavy (non-hydrogen) atoms. The molecule has 1 aromatic heterocycles. The van der Waals surface area contributed by atoms with E-state index in [1.165, 1.54) is 0 Å². The summed E-state index contributed by atoms with van der Waals surface area (Å²) in [5.41, 5.74) is 2.91. The van der Waals surface area contributed by atoms with Crippen molar-refractivity contribution >= 4 is 11.6 Å². The molecule has 0 bridgehead atoms. The van der Waals surface area contributed by atoms with Gasteiger partial charge >= 0.3 is 0 Å². The summed E-state index contributed by atoms with van der Waals surface area (Å²) in [5, 5.41) is 14.6. The second kappa shape index (κ2) is 8.31. The molecule has 0 saturated carbocycles. The lowest BCUT2D eigenvalue weighted by Gasteiger charge is -2.23. The van der Waals surface area contributed by atoms with E-state index in [-0.39, 0.29) is 5.91 Å². The van der Waals surface area contributed by atoms with Crippen molar-refractivity contribution < 1.29 is 9.53 Å². The maximum absolute atomic E-state index is 12.7. The summed E-state index contributed by atoms with van der Waals surface area (Å²) in [4.78, 5) is 12.7. The summed E-state index contributed by atoms with van der Waals surface area (Å²) < 4.78 is 7.52. The van der Waals surface area contributed by atoms with Crippen LogP contribution < -0.4 is 15.4 Å². The van der Waals surface area contributed by atoms with Crippen molar-refractivity contribution in [2.24, 2.45) is 0 Å². The molecule has 2 heterocycles. The summed E-state index contributed by atoms with van der Waals surface area (Å²) >= 11 is 0. The quantitative estimate of drug-likeness (QED) is 0.831. The zero-order valence-corrected chi connectivity index (χ0v) is 15.7. The first-order chi connectivity index (χ1) is 12.6. The number of hydrogen-bond acceptors (Lipinski definition) is 5. The molecule has 1 amide bonds. The maximum Gasteiger partial charge on any atom is 0.278 e. The monoisotopic (exact) mass is 357 g/mol. The lowest BCUT2D eigenvalue weighted by Crippen LogP contribution is -2.30. The lowest BCUT2D eigenvalue weighted by molar-refractivity contribution is 0.102. The van der Waals surface area contributed by atoms with Gasteiger partial charge in [0.05, 0.1) is 18.3 Å². The van der Waals surface area contributed by atoms with E-state index < -0.39 is 0 Å². The smallest absolute Gasteiger partial charge is 0.278 e. The van der Waals surface area contributed by atoms with Crippen molar-refractivity contribution in [2.75, 3.05) is 25.0 Å². The standard InChI is InChI=1S/C19H27N5O2/c1-4-11-26-16-5-6-17(13(2)12-16)21-19(25)18-14(3)24(23-22-18)15-7-9-20-10-8-15/h5-6,12,15,20H,4,7-11H2,1-3H3,(H,21,25). The Morgan fingerprint density at radius 3 is 2.81 bits per heavy atom. The molecule has 0 unspecified atom stereocenters. The summed E-state index contributed by atoms with van der Waals surface area (Å²) in [5.74, 6) is 0.586. The molecule has 0 aliphatic carbocycles. The Balaban J connectivity index is 1.71. The number of benzene rings is 1.